The largest absolute Gasteiger partial charge is 0.490 e. The topological polar surface area (TPSA) is 143 Å². The van der Waals surface area contributed by atoms with Crippen LogP contribution in [0, 0.1) is 0 Å². The van der Waals surface area contributed by atoms with Gasteiger partial charge < -0.3 is 20.5 Å². The molecule has 0 aliphatic heterocycles. The molecule has 2 aromatic carbocycles. The van der Waals surface area contributed by atoms with Crippen molar-refractivity contribution >= 4 is 39.0 Å². The van der Waals surface area contributed by atoms with Crippen molar-refractivity contribution < 1.29 is 23.1 Å². The first-order valence-corrected chi connectivity index (χ1v) is 11.7. The second kappa shape index (κ2) is 10.7. The summed E-state index contributed by atoms with van der Waals surface area (Å²) < 4.78 is 32.1. The molecule has 0 bridgehead atoms. The number of hydrogen-bond acceptors (Lipinski definition) is 8. The van der Waals surface area contributed by atoms with Gasteiger partial charge in [0.1, 0.15) is 29.8 Å². The highest BCUT2D eigenvalue weighted by atomic mass is 32.2. The number of rotatable bonds is 11. The molecule has 33 heavy (non-hydrogen) atoms. The normalized spacial score (nSPS) is 12.1. The molecule has 174 valence electrons. The number of carboxylic acids is 1. The number of sulfonamides is 1. The van der Waals surface area contributed by atoms with Crippen LogP contribution in [0.1, 0.15) is 19.8 Å². The summed E-state index contributed by atoms with van der Waals surface area (Å²) in [5.74, 6) is 0.599. The smallest absolute Gasteiger partial charge is 0.307 e. The first-order valence-electron chi connectivity index (χ1n) is 10.2. The molecule has 0 radical (unpaired) electrons. The zero-order valence-electron chi connectivity index (χ0n) is 18.1. The van der Waals surface area contributed by atoms with Crippen LogP contribution in [-0.2, 0) is 14.8 Å². The molecular weight excluding hydrogens is 446 g/mol. The lowest BCUT2D eigenvalue weighted by molar-refractivity contribution is -0.138. The number of nitrogens with zero attached hydrogens (tertiary/aromatic N) is 2. The summed E-state index contributed by atoms with van der Waals surface area (Å²) in [6.45, 7) is 1.87. The van der Waals surface area contributed by atoms with Crippen LogP contribution in [0.3, 0.4) is 0 Å². The minimum absolute atomic E-state index is 0.0775. The molecule has 0 amide bonds. The molecule has 1 unspecified atom stereocenters. The molecule has 0 saturated heterocycles. The predicted octanol–water partition coefficient (Wildman–Crippen LogP) is 3.50. The Balaban J connectivity index is 1.72. The third kappa shape index (κ3) is 6.89. The molecule has 0 fully saturated rings. The van der Waals surface area contributed by atoms with Crippen molar-refractivity contribution in [2.24, 2.45) is 0 Å². The van der Waals surface area contributed by atoms with Crippen LogP contribution >= 0.6 is 0 Å². The molecule has 1 aromatic heterocycles. The third-order valence-corrected chi connectivity index (χ3v) is 6.03. The number of benzene rings is 2. The molecular formula is C22H25N5O5S. The molecule has 1 heterocycles. The molecule has 3 aromatic rings. The molecule has 0 aliphatic carbocycles. The van der Waals surface area contributed by atoms with E-state index in [2.05, 4.69) is 25.3 Å². The van der Waals surface area contributed by atoms with Crippen molar-refractivity contribution in [1.82, 2.24) is 14.7 Å². The fourth-order valence-electron chi connectivity index (χ4n) is 2.95. The quantitative estimate of drug-likeness (QED) is 0.330. The van der Waals surface area contributed by atoms with E-state index in [4.69, 9.17) is 9.84 Å². The van der Waals surface area contributed by atoms with Crippen LogP contribution in [0.5, 0.6) is 5.75 Å². The summed E-state index contributed by atoms with van der Waals surface area (Å²) in [6.07, 6.45) is 1.45. The second-order valence-electron chi connectivity index (χ2n) is 7.05. The number of anilines is 4. The fraction of sp³-hybridized carbons (Fsp3) is 0.227. The van der Waals surface area contributed by atoms with E-state index in [0.717, 1.165) is 0 Å². The second-order valence-corrected chi connectivity index (χ2v) is 8.93. The number of carboxylic acid groups (broad SMARTS) is 1. The predicted molar refractivity (Wildman–Crippen MR) is 125 cm³/mol. The van der Waals surface area contributed by atoms with Gasteiger partial charge in [0.05, 0.1) is 11.3 Å². The maximum Gasteiger partial charge on any atom is 0.307 e. The van der Waals surface area contributed by atoms with Gasteiger partial charge in [0.15, 0.2) is 0 Å². The number of carbonyl (C=O) groups is 1. The highest BCUT2D eigenvalue weighted by Gasteiger charge is 2.14. The highest BCUT2D eigenvalue weighted by molar-refractivity contribution is 7.89. The number of aliphatic carboxylic acids is 1. The van der Waals surface area contributed by atoms with Gasteiger partial charge in [-0.1, -0.05) is 19.1 Å². The Hall–Kier alpha value is -3.70. The summed E-state index contributed by atoms with van der Waals surface area (Å²) >= 11 is 0. The van der Waals surface area contributed by atoms with E-state index >= 15 is 0 Å². The molecule has 11 heteroatoms. The Labute approximate surface area is 192 Å². The lowest BCUT2D eigenvalue weighted by Gasteiger charge is -2.16. The van der Waals surface area contributed by atoms with Gasteiger partial charge in [-0.15, -0.1) is 0 Å². The van der Waals surface area contributed by atoms with Crippen molar-refractivity contribution in [3.63, 3.8) is 0 Å². The van der Waals surface area contributed by atoms with Crippen molar-refractivity contribution in [3.8, 4) is 5.75 Å². The van der Waals surface area contributed by atoms with Gasteiger partial charge in [-0.25, -0.2) is 23.1 Å². The average molecular weight is 472 g/mol. The Morgan fingerprint density at radius 2 is 1.67 bits per heavy atom. The van der Waals surface area contributed by atoms with E-state index in [0.29, 0.717) is 35.2 Å². The van der Waals surface area contributed by atoms with Gasteiger partial charge in [0.2, 0.25) is 10.0 Å². The van der Waals surface area contributed by atoms with Crippen LogP contribution in [0.25, 0.3) is 0 Å². The number of aromatic nitrogens is 2. The Morgan fingerprint density at radius 3 is 2.27 bits per heavy atom. The molecule has 0 spiro atoms. The van der Waals surface area contributed by atoms with Crippen molar-refractivity contribution in [2.45, 2.75) is 30.8 Å². The molecule has 4 N–H and O–H groups in total. The molecule has 0 saturated carbocycles. The van der Waals surface area contributed by atoms with Crippen LogP contribution in [0.2, 0.25) is 0 Å². The van der Waals surface area contributed by atoms with Crippen LogP contribution in [-0.4, -0.2) is 42.6 Å². The van der Waals surface area contributed by atoms with Crippen molar-refractivity contribution in [3.05, 3.63) is 60.9 Å². The molecule has 1 atom stereocenters. The van der Waals surface area contributed by atoms with Gasteiger partial charge in [0, 0.05) is 23.5 Å². The summed E-state index contributed by atoms with van der Waals surface area (Å²) in [5, 5.41) is 15.2. The number of hydrogen-bond donors (Lipinski definition) is 4. The SMILES string of the molecule is CCC(CC(=O)O)Oc1cccc(Nc2cc(Nc3cccc(S(=O)(=O)NC)c3)ncn2)c1. The van der Waals surface area contributed by atoms with E-state index in [1.807, 2.05) is 13.0 Å². The van der Waals surface area contributed by atoms with E-state index in [1.54, 1.807) is 36.4 Å². The summed E-state index contributed by atoms with van der Waals surface area (Å²) in [5.41, 5.74) is 1.25. The van der Waals surface area contributed by atoms with Gasteiger partial charge >= 0.3 is 5.97 Å². The monoisotopic (exact) mass is 471 g/mol. The van der Waals surface area contributed by atoms with Gasteiger partial charge in [0.25, 0.3) is 0 Å². The third-order valence-electron chi connectivity index (χ3n) is 4.62. The first-order chi connectivity index (χ1) is 15.8. The fourth-order valence-corrected chi connectivity index (χ4v) is 3.73. The van der Waals surface area contributed by atoms with E-state index in [9.17, 15) is 13.2 Å². The van der Waals surface area contributed by atoms with Crippen LogP contribution in [0.4, 0.5) is 23.0 Å². The van der Waals surface area contributed by atoms with Crippen molar-refractivity contribution in [1.29, 1.82) is 0 Å². The molecule has 0 aliphatic rings. The van der Waals surface area contributed by atoms with Crippen LogP contribution < -0.4 is 20.1 Å². The van der Waals surface area contributed by atoms with Gasteiger partial charge in [-0.05, 0) is 43.8 Å². The first kappa shape index (κ1) is 24.0. The van der Waals surface area contributed by atoms with E-state index < -0.39 is 22.1 Å². The Morgan fingerprint density at radius 1 is 1.03 bits per heavy atom. The minimum Gasteiger partial charge on any atom is -0.490 e. The number of nitrogens with one attached hydrogen (secondary N) is 3. The van der Waals surface area contributed by atoms with Gasteiger partial charge in [-0.3, -0.25) is 4.79 Å². The lowest BCUT2D eigenvalue weighted by atomic mass is 10.2. The summed E-state index contributed by atoms with van der Waals surface area (Å²) in [4.78, 5) is 19.5. The number of ether oxygens (including phenoxy) is 1. The van der Waals surface area contributed by atoms with Crippen LogP contribution in [0.15, 0.2) is 65.8 Å². The minimum atomic E-state index is -3.56. The molecule has 3 rings (SSSR count). The van der Waals surface area contributed by atoms with Crippen molar-refractivity contribution in [2.75, 3.05) is 17.7 Å². The lowest BCUT2D eigenvalue weighted by Crippen LogP contribution is -2.19. The summed E-state index contributed by atoms with van der Waals surface area (Å²) in [7, 11) is -2.21. The highest BCUT2D eigenvalue weighted by Crippen LogP contribution is 2.24. The zero-order chi connectivity index (χ0) is 23.8. The standard InChI is InChI=1S/C22H25N5O5S/c1-3-17(12-22(28)29)32-18-8-4-6-15(10-18)26-20-13-21(25-14-24-20)27-16-7-5-9-19(11-16)33(30,31)23-2/h4-11,13-14,17,23H,3,12H2,1-2H3,(H,28,29)(H2,24,25,26,27). The Kier molecular flexibility index (Phi) is 7.80. The maximum atomic E-state index is 12.0. The Bertz CT molecular complexity index is 1220. The average Bonchev–Trinajstić information content (AvgIpc) is 2.79. The maximum absolute atomic E-state index is 12.0. The van der Waals surface area contributed by atoms with E-state index in [1.165, 1.54) is 25.5 Å². The van der Waals surface area contributed by atoms with E-state index in [-0.39, 0.29) is 11.3 Å². The zero-order valence-corrected chi connectivity index (χ0v) is 19.0. The molecule has 10 nitrogen and oxygen atoms in total. The summed E-state index contributed by atoms with van der Waals surface area (Å²) in [6, 6.07) is 15.2. The van der Waals surface area contributed by atoms with Gasteiger partial charge in [-0.2, -0.15) is 0 Å².